The number of amides is 1. The minimum absolute atomic E-state index is 0.0509. The van der Waals surface area contributed by atoms with Crippen LogP contribution >= 0.6 is 0 Å². The molecule has 1 unspecified atom stereocenters. The van der Waals surface area contributed by atoms with E-state index < -0.39 is 5.60 Å². The van der Waals surface area contributed by atoms with Crippen molar-refractivity contribution in [2.75, 3.05) is 38.3 Å². The second-order valence-electron chi connectivity index (χ2n) is 7.45. The van der Waals surface area contributed by atoms with Gasteiger partial charge in [0.15, 0.2) is 0 Å². The zero-order valence-electron chi connectivity index (χ0n) is 15.9. The highest BCUT2D eigenvalue weighted by molar-refractivity contribution is 5.95. The number of ether oxygens (including phenoxy) is 2. The monoisotopic (exact) mass is 385 g/mol. The van der Waals surface area contributed by atoms with Crippen molar-refractivity contribution >= 4 is 11.6 Å². The van der Waals surface area contributed by atoms with Crippen molar-refractivity contribution < 1.29 is 18.7 Å². The maximum Gasteiger partial charge on any atom is 0.253 e. The van der Waals surface area contributed by atoms with Crippen LogP contribution in [0.25, 0.3) is 0 Å². The number of methoxy groups -OCH3 is 1. The lowest BCUT2D eigenvalue weighted by atomic mass is 9.90. The number of carbonyl (C=O) groups is 1. The number of likely N-dealkylation sites (tertiary alicyclic amines) is 1. The van der Waals surface area contributed by atoms with E-state index in [0.29, 0.717) is 18.1 Å². The number of rotatable bonds is 4. The molecule has 2 aromatic rings. The fourth-order valence-electron chi connectivity index (χ4n) is 4.03. The third-order valence-electron chi connectivity index (χ3n) is 5.42. The van der Waals surface area contributed by atoms with Gasteiger partial charge in [-0.1, -0.05) is 6.07 Å². The molecule has 1 aromatic carbocycles. The molecular formula is C21H24FN3O3. The van der Waals surface area contributed by atoms with Crippen LogP contribution in [-0.4, -0.2) is 54.7 Å². The van der Waals surface area contributed by atoms with E-state index in [0.717, 1.165) is 38.0 Å². The number of aromatic nitrogens is 1. The van der Waals surface area contributed by atoms with Crippen molar-refractivity contribution in [3.63, 3.8) is 0 Å². The molecule has 2 fully saturated rings. The van der Waals surface area contributed by atoms with Crippen LogP contribution in [0.5, 0.6) is 5.88 Å². The Morgan fingerprint density at radius 2 is 2.04 bits per heavy atom. The third-order valence-corrected chi connectivity index (χ3v) is 5.42. The number of piperidine rings is 1. The van der Waals surface area contributed by atoms with Crippen molar-refractivity contribution in [3.8, 4) is 5.88 Å². The van der Waals surface area contributed by atoms with E-state index in [-0.39, 0.29) is 18.3 Å². The molecule has 7 heteroatoms. The average molecular weight is 385 g/mol. The quantitative estimate of drug-likeness (QED) is 0.810. The Labute approximate surface area is 163 Å². The van der Waals surface area contributed by atoms with Gasteiger partial charge in [-0.2, -0.15) is 0 Å². The molecule has 0 aliphatic carbocycles. The Morgan fingerprint density at radius 3 is 2.75 bits per heavy atom. The lowest BCUT2D eigenvalue weighted by molar-refractivity contribution is -0.146. The van der Waals surface area contributed by atoms with Crippen LogP contribution in [0.2, 0.25) is 0 Å². The van der Waals surface area contributed by atoms with Gasteiger partial charge >= 0.3 is 0 Å². The Kier molecular flexibility index (Phi) is 5.28. The summed E-state index contributed by atoms with van der Waals surface area (Å²) >= 11 is 0. The van der Waals surface area contributed by atoms with Crippen molar-refractivity contribution in [2.24, 2.45) is 0 Å². The summed E-state index contributed by atoms with van der Waals surface area (Å²) in [4.78, 5) is 20.7. The molecule has 4 rings (SSSR count). The maximum atomic E-state index is 13.3. The van der Waals surface area contributed by atoms with E-state index in [1.165, 1.54) is 12.1 Å². The van der Waals surface area contributed by atoms with Crippen molar-refractivity contribution in [2.45, 2.75) is 25.0 Å². The highest BCUT2D eigenvalue weighted by atomic mass is 19.1. The molecule has 28 heavy (non-hydrogen) atoms. The molecular weight excluding hydrogens is 361 g/mol. The Hall–Kier alpha value is -2.51. The lowest BCUT2D eigenvalue weighted by Gasteiger charge is -2.47. The smallest absolute Gasteiger partial charge is 0.253 e. The second-order valence-corrected chi connectivity index (χ2v) is 7.45. The predicted octanol–water partition coefficient (Wildman–Crippen LogP) is 2.63. The van der Waals surface area contributed by atoms with E-state index >= 15 is 0 Å². The van der Waals surface area contributed by atoms with Crippen LogP contribution < -0.4 is 9.64 Å². The first-order valence-corrected chi connectivity index (χ1v) is 9.48. The molecule has 0 saturated carbocycles. The van der Waals surface area contributed by atoms with Gasteiger partial charge in [-0.15, -0.1) is 0 Å². The molecule has 0 radical (unpaired) electrons. The number of hydrogen-bond donors (Lipinski definition) is 0. The van der Waals surface area contributed by atoms with Gasteiger partial charge in [-0.3, -0.25) is 9.69 Å². The first-order chi connectivity index (χ1) is 13.6. The maximum absolute atomic E-state index is 13.3. The molecule has 0 bridgehead atoms. The van der Waals surface area contributed by atoms with Gasteiger partial charge in [-0.05, 0) is 49.2 Å². The summed E-state index contributed by atoms with van der Waals surface area (Å²) in [5.41, 5.74) is 1.42. The molecule has 1 amide bonds. The van der Waals surface area contributed by atoms with Gasteiger partial charge < -0.3 is 14.4 Å². The van der Waals surface area contributed by atoms with Crippen LogP contribution in [0.4, 0.5) is 10.1 Å². The van der Waals surface area contributed by atoms with E-state index in [1.54, 1.807) is 24.1 Å². The summed E-state index contributed by atoms with van der Waals surface area (Å²) < 4.78 is 24.4. The fourth-order valence-corrected chi connectivity index (χ4v) is 4.03. The summed E-state index contributed by atoms with van der Waals surface area (Å²) in [6.45, 7) is 3.02. The van der Waals surface area contributed by atoms with Crippen molar-refractivity contribution in [1.29, 1.82) is 0 Å². The Balaban J connectivity index is 1.47. The van der Waals surface area contributed by atoms with Gasteiger partial charge in [0.2, 0.25) is 5.88 Å². The van der Waals surface area contributed by atoms with E-state index in [9.17, 15) is 9.18 Å². The van der Waals surface area contributed by atoms with Crippen LogP contribution in [-0.2, 0) is 16.1 Å². The van der Waals surface area contributed by atoms with Gasteiger partial charge in [0.25, 0.3) is 5.91 Å². The molecule has 2 saturated heterocycles. The van der Waals surface area contributed by atoms with Crippen LogP contribution in [0.3, 0.4) is 0 Å². The molecule has 1 spiro atoms. The minimum atomic E-state index is -0.402. The highest BCUT2D eigenvalue weighted by Crippen LogP contribution is 2.32. The zero-order chi connectivity index (χ0) is 19.6. The van der Waals surface area contributed by atoms with Gasteiger partial charge in [0.1, 0.15) is 12.4 Å². The fraction of sp³-hybridized carbons (Fsp3) is 0.429. The molecule has 6 nitrogen and oxygen atoms in total. The number of benzene rings is 1. The van der Waals surface area contributed by atoms with E-state index in [4.69, 9.17) is 9.47 Å². The molecule has 148 valence electrons. The SMILES string of the molecule is COc1ccc(CN2CCCC3(C2)CN(c2ccc(F)cc2)C(=O)CO3)cn1. The Morgan fingerprint density at radius 1 is 1.21 bits per heavy atom. The normalized spacial score (nSPS) is 23.2. The summed E-state index contributed by atoms with van der Waals surface area (Å²) in [6.07, 6.45) is 3.72. The highest BCUT2D eigenvalue weighted by Gasteiger charge is 2.43. The largest absolute Gasteiger partial charge is 0.481 e. The molecule has 2 aliphatic rings. The molecule has 2 aliphatic heterocycles. The van der Waals surface area contributed by atoms with Gasteiger partial charge in [-0.25, -0.2) is 9.37 Å². The van der Waals surface area contributed by atoms with E-state index in [1.807, 2.05) is 18.3 Å². The van der Waals surface area contributed by atoms with Crippen LogP contribution in [0.15, 0.2) is 42.6 Å². The van der Waals surface area contributed by atoms with Gasteiger partial charge in [0.05, 0.1) is 19.3 Å². The first-order valence-electron chi connectivity index (χ1n) is 9.48. The number of hydrogen-bond acceptors (Lipinski definition) is 5. The molecule has 1 atom stereocenters. The average Bonchev–Trinajstić information content (AvgIpc) is 2.72. The zero-order valence-corrected chi connectivity index (χ0v) is 15.9. The number of pyridine rings is 1. The molecule has 1 aromatic heterocycles. The number of nitrogens with zero attached hydrogens (tertiary/aromatic N) is 3. The minimum Gasteiger partial charge on any atom is -0.481 e. The Bertz CT molecular complexity index is 828. The molecule has 3 heterocycles. The van der Waals surface area contributed by atoms with E-state index in [2.05, 4.69) is 9.88 Å². The number of carbonyl (C=O) groups excluding carboxylic acids is 1. The number of morpholine rings is 1. The summed E-state index contributed by atoms with van der Waals surface area (Å²) in [5, 5.41) is 0. The summed E-state index contributed by atoms with van der Waals surface area (Å²) in [6, 6.07) is 9.94. The predicted molar refractivity (Wildman–Crippen MR) is 103 cm³/mol. The van der Waals surface area contributed by atoms with Crippen molar-refractivity contribution in [3.05, 3.63) is 54.0 Å². The van der Waals surface area contributed by atoms with Crippen molar-refractivity contribution in [1.82, 2.24) is 9.88 Å². The lowest BCUT2D eigenvalue weighted by Crippen LogP contribution is -2.61. The van der Waals surface area contributed by atoms with Crippen LogP contribution in [0.1, 0.15) is 18.4 Å². The number of halogens is 1. The summed E-state index contributed by atoms with van der Waals surface area (Å²) in [7, 11) is 1.60. The van der Waals surface area contributed by atoms with Gasteiger partial charge in [0, 0.05) is 31.0 Å². The van der Waals surface area contributed by atoms with Crippen LogP contribution in [0, 0.1) is 5.82 Å². The topological polar surface area (TPSA) is 54.9 Å². The number of anilines is 1. The standard InChI is InChI=1S/C21H24FN3O3/c1-27-19-8-3-16(11-23-19)12-24-10-2-9-21(14-24)15-25(20(26)13-28-21)18-6-4-17(22)5-7-18/h3-8,11H,2,9-10,12-15H2,1H3. The summed E-state index contributed by atoms with van der Waals surface area (Å²) in [5.74, 6) is 0.202. The first kappa shape index (κ1) is 18.8. The molecule has 0 N–H and O–H groups in total. The second kappa shape index (κ2) is 7.85. The third kappa shape index (κ3) is 4.00.